The van der Waals surface area contributed by atoms with Gasteiger partial charge in [0.1, 0.15) is 17.1 Å². The highest BCUT2D eigenvalue weighted by atomic mass is 16.5. The largest absolute Gasteiger partial charge is 0.497 e. The van der Waals surface area contributed by atoms with Crippen molar-refractivity contribution in [2.45, 2.75) is 6.61 Å². The molecule has 106 valence electrons. The Morgan fingerprint density at radius 1 is 1.19 bits per heavy atom. The van der Waals surface area contributed by atoms with E-state index in [9.17, 15) is 5.11 Å². The first kappa shape index (κ1) is 13.3. The molecule has 1 aromatic carbocycles. The van der Waals surface area contributed by atoms with Crippen LogP contribution in [0.4, 0.5) is 0 Å². The van der Waals surface area contributed by atoms with E-state index in [-0.39, 0.29) is 6.61 Å². The van der Waals surface area contributed by atoms with Gasteiger partial charge in [0.2, 0.25) is 0 Å². The summed E-state index contributed by atoms with van der Waals surface area (Å²) in [6, 6.07) is 11.2. The second-order valence-corrected chi connectivity index (χ2v) is 4.39. The predicted octanol–water partition coefficient (Wildman–Crippen LogP) is 1.83. The molecule has 0 bridgehead atoms. The summed E-state index contributed by atoms with van der Waals surface area (Å²) in [4.78, 5) is 4.01. The van der Waals surface area contributed by atoms with Crippen LogP contribution < -0.4 is 4.74 Å². The molecule has 0 atom stereocenters. The van der Waals surface area contributed by atoms with E-state index < -0.39 is 0 Å². The molecular weight excluding hydrogens is 268 g/mol. The highest BCUT2D eigenvalue weighted by Gasteiger charge is 2.15. The number of methoxy groups -OCH3 is 1. The molecule has 0 amide bonds. The van der Waals surface area contributed by atoms with Gasteiger partial charge in [-0.25, -0.2) is 4.68 Å². The molecule has 21 heavy (non-hydrogen) atoms. The molecule has 1 N–H and O–H groups in total. The van der Waals surface area contributed by atoms with Crippen molar-refractivity contribution in [2.75, 3.05) is 7.11 Å². The minimum atomic E-state index is -0.179. The van der Waals surface area contributed by atoms with Gasteiger partial charge in [0.15, 0.2) is 0 Å². The molecule has 3 rings (SSSR count). The van der Waals surface area contributed by atoms with Gasteiger partial charge in [-0.05, 0) is 24.3 Å². The zero-order chi connectivity index (χ0) is 14.7. The molecular formula is C15H14N4O2. The van der Waals surface area contributed by atoms with Gasteiger partial charge < -0.3 is 9.84 Å². The minimum absolute atomic E-state index is 0.179. The van der Waals surface area contributed by atoms with E-state index in [1.54, 1.807) is 24.2 Å². The highest BCUT2D eigenvalue weighted by molar-refractivity contribution is 5.63. The molecule has 0 aliphatic heterocycles. The molecule has 0 fully saturated rings. The van der Waals surface area contributed by atoms with Crippen LogP contribution >= 0.6 is 0 Å². The summed E-state index contributed by atoms with van der Waals surface area (Å²) in [7, 11) is 1.61. The van der Waals surface area contributed by atoms with Gasteiger partial charge in [-0.2, -0.15) is 0 Å². The zero-order valence-electron chi connectivity index (χ0n) is 11.5. The van der Waals surface area contributed by atoms with Gasteiger partial charge in [0, 0.05) is 24.0 Å². The second-order valence-electron chi connectivity index (χ2n) is 4.39. The van der Waals surface area contributed by atoms with Gasteiger partial charge in [-0.1, -0.05) is 11.3 Å². The number of ether oxygens (including phenoxy) is 1. The van der Waals surface area contributed by atoms with E-state index >= 15 is 0 Å². The van der Waals surface area contributed by atoms with Crippen LogP contribution in [0.3, 0.4) is 0 Å². The lowest BCUT2D eigenvalue weighted by Crippen LogP contribution is -2.00. The number of rotatable bonds is 4. The molecule has 0 saturated carbocycles. The third-order valence-electron chi connectivity index (χ3n) is 3.14. The van der Waals surface area contributed by atoms with Crippen LogP contribution in [0, 0.1) is 0 Å². The molecule has 0 saturated heterocycles. The summed E-state index contributed by atoms with van der Waals surface area (Å²) in [6.07, 6.45) is 3.39. The van der Waals surface area contributed by atoms with Crippen molar-refractivity contribution in [1.29, 1.82) is 0 Å². The quantitative estimate of drug-likeness (QED) is 0.790. The first-order chi connectivity index (χ1) is 10.3. The van der Waals surface area contributed by atoms with Crippen LogP contribution in [-0.4, -0.2) is 32.2 Å². The van der Waals surface area contributed by atoms with E-state index in [2.05, 4.69) is 15.3 Å². The Balaban J connectivity index is 2.17. The Bertz CT molecular complexity index is 740. The molecule has 6 heteroatoms. The highest BCUT2D eigenvalue weighted by Crippen LogP contribution is 2.26. The smallest absolute Gasteiger partial charge is 0.121 e. The Hall–Kier alpha value is -2.73. The lowest BCUT2D eigenvalue weighted by Gasteiger charge is -2.09. The summed E-state index contributed by atoms with van der Waals surface area (Å²) < 4.78 is 6.92. The van der Waals surface area contributed by atoms with E-state index in [1.807, 2.05) is 36.4 Å². The van der Waals surface area contributed by atoms with E-state index in [0.717, 1.165) is 22.7 Å². The van der Waals surface area contributed by atoms with Crippen molar-refractivity contribution in [3.05, 3.63) is 54.5 Å². The summed E-state index contributed by atoms with van der Waals surface area (Å²) in [5, 5.41) is 17.7. The lowest BCUT2D eigenvalue weighted by molar-refractivity contribution is 0.277. The number of hydrogen-bond donors (Lipinski definition) is 1. The van der Waals surface area contributed by atoms with Crippen LogP contribution in [0.2, 0.25) is 0 Å². The van der Waals surface area contributed by atoms with Crippen molar-refractivity contribution in [1.82, 2.24) is 20.0 Å². The third kappa shape index (κ3) is 2.48. The van der Waals surface area contributed by atoms with Gasteiger partial charge in [-0.15, -0.1) is 5.10 Å². The monoisotopic (exact) mass is 282 g/mol. The SMILES string of the molecule is COc1cccc(-n2nnc(CO)c2-c2ccncc2)c1. The normalized spacial score (nSPS) is 10.6. The van der Waals surface area contributed by atoms with Crippen molar-refractivity contribution >= 4 is 0 Å². The van der Waals surface area contributed by atoms with E-state index in [1.165, 1.54) is 0 Å². The number of hydrogen-bond acceptors (Lipinski definition) is 5. The molecule has 0 aliphatic carbocycles. The van der Waals surface area contributed by atoms with Crippen LogP contribution in [0.25, 0.3) is 16.9 Å². The minimum Gasteiger partial charge on any atom is -0.497 e. The summed E-state index contributed by atoms with van der Waals surface area (Å²) in [5.41, 5.74) is 2.97. The van der Waals surface area contributed by atoms with Crippen LogP contribution in [0.5, 0.6) is 5.75 Å². The summed E-state index contributed by atoms with van der Waals surface area (Å²) >= 11 is 0. The van der Waals surface area contributed by atoms with Gasteiger partial charge in [-0.3, -0.25) is 4.98 Å². The molecule has 6 nitrogen and oxygen atoms in total. The van der Waals surface area contributed by atoms with E-state index in [4.69, 9.17) is 4.74 Å². The Labute approximate surface area is 121 Å². The lowest BCUT2D eigenvalue weighted by atomic mass is 10.1. The Kier molecular flexibility index (Phi) is 3.61. The van der Waals surface area contributed by atoms with Crippen molar-refractivity contribution in [3.63, 3.8) is 0 Å². The standard InChI is InChI=1S/C15H14N4O2/c1-21-13-4-2-3-12(9-13)19-15(14(10-20)17-18-19)11-5-7-16-8-6-11/h2-9,20H,10H2,1H3. The first-order valence-electron chi connectivity index (χ1n) is 6.43. The van der Waals surface area contributed by atoms with E-state index in [0.29, 0.717) is 5.69 Å². The number of nitrogens with zero attached hydrogens (tertiary/aromatic N) is 4. The van der Waals surface area contributed by atoms with Gasteiger partial charge in [0.25, 0.3) is 0 Å². The average molecular weight is 282 g/mol. The fraction of sp³-hybridized carbons (Fsp3) is 0.133. The zero-order valence-corrected chi connectivity index (χ0v) is 11.5. The molecule has 0 unspecified atom stereocenters. The molecule has 2 heterocycles. The molecule has 3 aromatic rings. The van der Waals surface area contributed by atoms with Gasteiger partial charge >= 0.3 is 0 Å². The third-order valence-corrected chi connectivity index (χ3v) is 3.14. The van der Waals surface area contributed by atoms with Crippen LogP contribution in [0.1, 0.15) is 5.69 Å². The maximum atomic E-state index is 9.48. The topological polar surface area (TPSA) is 73.1 Å². The number of benzene rings is 1. The van der Waals surface area contributed by atoms with Crippen molar-refractivity contribution in [3.8, 4) is 22.7 Å². The Morgan fingerprint density at radius 3 is 2.71 bits per heavy atom. The maximum absolute atomic E-state index is 9.48. The fourth-order valence-corrected chi connectivity index (χ4v) is 2.14. The molecule has 0 spiro atoms. The molecule has 0 aliphatic rings. The average Bonchev–Trinajstić information content (AvgIpc) is 2.99. The number of aliphatic hydroxyl groups excluding tert-OH is 1. The molecule has 2 aromatic heterocycles. The Morgan fingerprint density at radius 2 is 2.00 bits per heavy atom. The number of pyridine rings is 1. The second kappa shape index (κ2) is 5.72. The number of aliphatic hydroxyl groups is 1. The van der Waals surface area contributed by atoms with Crippen molar-refractivity contribution < 1.29 is 9.84 Å². The van der Waals surface area contributed by atoms with Crippen LogP contribution in [0.15, 0.2) is 48.8 Å². The van der Waals surface area contributed by atoms with Crippen LogP contribution in [-0.2, 0) is 6.61 Å². The fourth-order valence-electron chi connectivity index (χ4n) is 2.14. The first-order valence-corrected chi connectivity index (χ1v) is 6.43. The summed E-state index contributed by atoms with van der Waals surface area (Å²) in [5.74, 6) is 0.731. The van der Waals surface area contributed by atoms with Crippen molar-refractivity contribution in [2.24, 2.45) is 0 Å². The van der Waals surface area contributed by atoms with Gasteiger partial charge in [0.05, 0.1) is 19.4 Å². The summed E-state index contributed by atoms with van der Waals surface area (Å²) in [6.45, 7) is -0.179. The number of aromatic nitrogens is 4. The molecule has 0 radical (unpaired) electrons. The predicted molar refractivity (Wildman–Crippen MR) is 77.1 cm³/mol. The maximum Gasteiger partial charge on any atom is 0.121 e.